The zero-order chi connectivity index (χ0) is 13.1. The molecule has 0 saturated carbocycles. The molecule has 6 nitrogen and oxygen atoms in total. The number of anilines is 1. The number of aryl methyl sites for hydroxylation is 1. The number of hydrogen-bond donors (Lipinski definition) is 2. The number of piperidine rings is 1. The summed E-state index contributed by atoms with van der Waals surface area (Å²) in [6.45, 7) is 2.78. The van der Waals surface area contributed by atoms with E-state index in [1.165, 1.54) is 11.3 Å². The Kier molecular flexibility index (Phi) is 3.81. The minimum absolute atomic E-state index is 0.268. The fraction of sp³-hybridized carbons (Fsp3) is 0.545. The van der Waals surface area contributed by atoms with E-state index in [-0.39, 0.29) is 12.6 Å². The van der Waals surface area contributed by atoms with Gasteiger partial charge >= 0.3 is 12.0 Å². The zero-order valence-electron chi connectivity index (χ0n) is 10.0. The van der Waals surface area contributed by atoms with E-state index in [9.17, 15) is 9.59 Å². The second-order valence-electron chi connectivity index (χ2n) is 4.33. The minimum Gasteiger partial charge on any atom is -0.481 e. The summed E-state index contributed by atoms with van der Waals surface area (Å²) >= 11 is 1.40. The molecule has 2 N–H and O–H groups in total. The second-order valence-corrected chi connectivity index (χ2v) is 5.56. The molecule has 1 saturated heterocycles. The van der Waals surface area contributed by atoms with Crippen LogP contribution in [0.1, 0.15) is 17.7 Å². The van der Waals surface area contributed by atoms with Crippen LogP contribution in [0.15, 0.2) is 6.20 Å². The van der Waals surface area contributed by atoms with Gasteiger partial charge in [-0.05, 0) is 19.8 Å². The summed E-state index contributed by atoms with van der Waals surface area (Å²) in [4.78, 5) is 29.5. The van der Waals surface area contributed by atoms with Gasteiger partial charge in [-0.25, -0.2) is 9.78 Å². The first-order valence-corrected chi connectivity index (χ1v) is 6.59. The molecule has 1 aliphatic heterocycles. The van der Waals surface area contributed by atoms with Crippen LogP contribution in [0.5, 0.6) is 0 Å². The summed E-state index contributed by atoms with van der Waals surface area (Å²) in [5, 5.41) is 12.2. The van der Waals surface area contributed by atoms with Crippen LogP contribution in [0.3, 0.4) is 0 Å². The number of nitrogens with zero attached hydrogens (tertiary/aromatic N) is 2. The number of amides is 2. The highest BCUT2D eigenvalue weighted by Gasteiger charge is 2.28. The summed E-state index contributed by atoms with van der Waals surface area (Å²) in [7, 11) is 0. The summed E-state index contributed by atoms with van der Waals surface area (Å²) in [6.07, 6.45) is 3.05. The Morgan fingerprint density at radius 3 is 3.00 bits per heavy atom. The van der Waals surface area contributed by atoms with Crippen molar-refractivity contribution in [2.45, 2.75) is 19.8 Å². The molecule has 18 heavy (non-hydrogen) atoms. The van der Waals surface area contributed by atoms with Crippen LogP contribution >= 0.6 is 11.3 Å². The number of carboxylic acid groups (broad SMARTS) is 1. The van der Waals surface area contributed by atoms with Gasteiger partial charge in [-0.15, -0.1) is 11.3 Å². The summed E-state index contributed by atoms with van der Waals surface area (Å²) in [6, 6.07) is -0.268. The number of urea groups is 1. The first-order chi connectivity index (χ1) is 8.56. The molecule has 0 bridgehead atoms. The van der Waals surface area contributed by atoms with Crippen LogP contribution in [0.2, 0.25) is 0 Å². The lowest BCUT2D eigenvalue weighted by Crippen LogP contribution is -2.44. The Balaban J connectivity index is 1.94. The van der Waals surface area contributed by atoms with Crippen molar-refractivity contribution >= 4 is 28.5 Å². The highest BCUT2D eigenvalue weighted by molar-refractivity contribution is 7.15. The van der Waals surface area contributed by atoms with E-state index in [2.05, 4.69) is 10.3 Å². The number of aromatic nitrogens is 1. The number of rotatable bonds is 2. The summed E-state index contributed by atoms with van der Waals surface area (Å²) in [5.41, 5.74) is 0. The van der Waals surface area contributed by atoms with Gasteiger partial charge < -0.3 is 10.0 Å². The number of nitrogens with one attached hydrogen (secondary N) is 1. The number of hydrogen-bond acceptors (Lipinski definition) is 4. The Bertz CT molecular complexity index is 460. The Morgan fingerprint density at radius 1 is 1.61 bits per heavy atom. The molecule has 2 rings (SSSR count). The monoisotopic (exact) mass is 269 g/mol. The first kappa shape index (κ1) is 12.8. The van der Waals surface area contributed by atoms with E-state index in [1.54, 1.807) is 11.1 Å². The van der Waals surface area contributed by atoms with Gasteiger partial charge in [-0.3, -0.25) is 10.1 Å². The molecule has 1 unspecified atom stereocenters. The number of thiazole rings is 1. The molecule has 2 amide bonds. The van der Waals surface area contributed by atoms with Crippen molar-refractivity contribution in [2.75, 3.05) is 18.4 Å². The van der Waals surface area contributed by atoms with Gasteiger partial charge in [0.15, 0.2) is 5.13 Å². The highest BCUT2D eigenvalue weighted by Crippen LogP contribution is 2.20. The molecule has 7 heteroatoms. The van der Waals surface area contributed by atoms with Gasteiger partial charge in [-0.1, -0.05) is 0 Å². The molecule has 1 fully saturated rings. The van der Waals surface area contributed by atoms with E-state index >= 15 is 0 Å². The molecule has 0 spiro atoms. The number of carbonyl (C=O) groups is 2. The largest absolute Gasteiger partial charge is 0.481 e. The van der Waals surface area contributed by atoms with Crippen molar-refractivity contribution in [2.24, 2.45) is 5.92 Å². The number of aliphatic carboxylic acids is 1. The lowest BCUT2D eigenvalue weighted by atomic mass is 9.99. The van der Waals surface area contributed by atoms with Gasteiger partial charge in [0.2, 0.25) is 0 Å². The maximum Gasteiger partial charge on any atom is 0.323 e. The molecular weight excluding hydrogens is 254 g/mol. The predicted molar refractivity (Wildman–Crippen MR) is 67.8 cm³/mol. The van der Waals surface area contributed by atoms with Crippen molar-refractivity contribution < 1.29 is 14.7 Å². The van der Waals surface area contributed by atoms with Crippen LogP contribution in [0.4, 0.5) is 9.93 Å². The van der Waals surface area contributed by atoms with Crippen LogP contribution < -0.4 is 5.32 Å². The van der Waals surface area contributed by atoms with Gasteiger partial charge in [-0.2, -0.15) is 0 Å². The molecule has 0 aliphatic carbocycles. The first-order valence-electron chi connectivity index (χ1n) is 5.77. The molecule has 0 radical (unpaired) electrons. The van der Waals surface area contributed by atoms with Crippen LogP contribution in [-0.2, 0) is 4.79 Å². The van der Waals surface area contributed by atoms with Crippen LogP contribution in [-0.4, -0.2) is 40.1 Å². The molecule has 98 valence electrons. The number of carboxylic acids is 1. The van der Waals surface area contributed by atoms with E-state index in [1.807, 2.05) is 6.92 Å². The maximum atomic E-state index is 11.9. The molecule has 2 heterocycles. The van der Waals surface area contributed by atoms with Gasteiger partial charge in [0.05, 0.1) is 5.92 Å². The molecular formula is C11H15N3O3S. The Labute approximate surface area is 109 Å². The summed E-state index contributed by atoms with van der Waals surface area (Å²) in [5.74, 6) is -1.29. The van der Waals surface area contributed by atoms with Gasteiger partial charge in [0.1, 0.15) is 0 Å². The molecule has 1 aromatic rings. The lowest BCUT2D eigenvalue weighted by molar-refractivity contribution is -0.143. The van der Waals surface area contributed by atoms with Gasteiger partial charge in [0, 0.05) is 24.2 Å². The number of carbonyl (C=O) groups excluding carboxylic acids is 1. The van der Waals surface area contributed by atoms with E-state index in [0.717, 1.165) is 11.3 Å². The topological polar surface area (TPSA) is 82.5 Å². The second kappa shape index (κ2) is 5.34. The fourth-order valence-electron chi connectivity index (χ4n) is 1.95. The minimum atomic E-state index is -0.836. The van der Waals surface area contributed by atoms with Crippen molar-refractivity contribution in [3.8, 4) is 0 Å². The van der Waals surface area contributed by atoms with E-state index < -0.39 is 11.9 Å². The molecule has 1 aliphatic rings. The molecule has 0 aromatic carbocycles. The Morgan fingerprint density at radius 2 is 2.39 bits per heavy atom. The SMILES string of the molecule is Cc1cnc(NC(=O)N2CCCC(C(=O)O)C2)s1. The molecule has 1 aromatic heterocycles. The van der Waals surface area contributed by atoms with Crippen molar-refractivity contribution in [3.63, 3.8) is 0 Å². The average Bonchev–Trinajstić information content (AvgIpc) is 2.75. The van der Waals surface area contributed by atoms with E-state index in [4.69, 9.17) is 5.11 Å². The Hall–Kier alpha value is -1.63. The van der Waals surface area contributed by atoms with Crippen LogP contribution in [0, 0.1) is 12.8 Å². The standard InChI is InChI=1S/C11H15N3O3S/c1-7-5-12-10(18-7)13-11(17)14-4-2-3-8(6-14)9(15)16/h5,8H,2-4,6H2,1H3,(H,15,16)(H,12,13,17). The quantitative estimate of drug-likeness (QED) is 0.857. The molecule has 1 atom stereocenters. The average molecular weight is 269 g/mol. The highest BCUT2D eigenvalue weighted by atomic mass is 32.1. The van der Waals surface area contributed by atoms with Crippen molar-refractivity contribution in [3.05, 3.63) is 11.1 Å². The van der Waals surface area contributed by atoms with E-state index in [0.29, 0.717) is 18.1 Å². The fourth-order valence-corrected chi connectivity index (χ4v) is 2.60. The zero-order valence-corrected chi connectivity index (χ0v) is 10.9. The third-order valence-corrected chi connectivity index (χ3v) is 3.72. The third-order valence-electron chi connectivity index (χ3n) is 2.89. The maximum absolute atomic E-state index is 11.9. The lowest BCUT2D eigenvalue weighted by Gasteiger charge is -2.30. The van der Waals surface area contributed by atoms with Crippen molar-refractivity contribution in [1.82, 2.24) is 9.88 Å². The van der Waals surface area contributed by atoms with Crippen molar-refractivity contribution in [1.29, 1.82) is 0 Å². The normalized spacial score (nSPS) is 19.6. The smallest absolute Gasteiger partial charge is 0.323 e. The van der Waals surface area contributed by atoms with Gasteiger partial charge in [0.25, 0.3) is 0 Å². The third kappa shape index (κ3) is 2.98. The summed E-state index contributed by atoms with van der Waals surface area (Å²) < 4.78 is 0. The number of likely N-dealkylation sites (tertiary alicyclic amines) is 1. The predicted octanol–water partition coefficient (Wildman–Crippen LogP) is 1.78. The van der Waals surface area contributed by atoms with Crippen LogP contribution in [0.25, 0.3) is 0 Å².